The van der Waals surface area contributed by atoms with Crippen LogP contribution in [0.1, 0.15) is 5.56 Å². The van der Waals surface area contributed by atoms with E-state index in [9.17, 15) is 14.6 Å². The number of ether oxygens (including phenoxy) is 1. The van der Waals surface area contributed by atoms with Crippen molar-refractivity contribution in [1.29, 1.82) is 0 Å². The van der Waals surface area contributed by atoms with Gasteiger partial charge in [0.1, 0.15) is 5.82 Å². The fourth-order valence-corrected chi connectivity index (χ4v) is 2.58. The van der Waals surface area contributed by atoms with Gasteiger partial charge in [0.05, 0.1) is 13.2 Å². The highest BCUT2D eigenvalue weighted by Gasteiger charge is 2.14. The van der Waals surface area contributed by atoms with Crippen LogP contribution < -0.4 is 9.30 Å². The molecule has 0 radical (unpaired) electrons. The quantitative estimate of drug-likeness (QED) is 0.728. The summed E-state index contributed by atoms with van der Waals surface area (Å²) in [5, 5.41) is 21.5. The maximum absolute atomic E-state index is 13.2. The van der Waals surface area contributed by atoms with Crippen molar-refractivity contribution >= 4 is 10.8 Å². The third kappa shape index (κ3) is 3.18. The van der Waals surface area contributed by atoms with Gasteiger partial charge in [-0.25, -0.2) is 4.39 Å². The lowest BCUT2D eigenvalue weighted by atomic mass is 10.1. The Kier molecular flexibility index (Phi) is 4.02. The van der Waals surface area contributed by atoms with Crippen LogP contribution >= 0.6 is 0 Å². The van der Waals surface area contributed by atoms with Crippen molar-refractivity contribution in [3.63, 3.8) is 0 Å². The molecule has 0 fully saturated rings. The second-order valence-electron chi connectivity index (χ2n) is 5.36. The van der Waals surface area contributed by atoms with Crippen LogP contribution in [0.15, 0.2) is 48.7 Å². The first-order valence-corrected chi connectivity index (χ1v) is 7.24. The number of aryl methyl sites for hydroxylation is 2. The number of halogens is 1. The molecule has 1 heterocycles. The van der Waals surface area contributed by atoms with E-state index in [4.69, 9.17) is 4.74 Å². The molecule has 3 rings (SSSR count). The molecule has 118 valence electrons. The first kappa shape index (κ1) is 15.1. The SMILES string of the molecule is COc1cc2c[n+](CCc3cccc(F)c3)c(O)cc2cc1O. The van der Waals surface area contributed by atoms with Crippen LogP contribution in [0.3, 0.4) is 0 Å². The van der Waals surface area contributed by atoms with E-state index in [2.05, 4.69) is 0 Å². The number of phenols is 1. The average molecular weight is 314 g/mol. The van der Waals surface area contributed by atoms with E-state index in [0.29, 0.717) is 24.1 Å². The van der Waals surface area contributed by atoms with Crippen LogP contribution in [0, 0.1) is 5.82 Å². The minimum Gasteiger partial charge on any atom is -0.504 e. The molecule has 0 amide bonds. The molecule has 2 N–H and O–H groups in total. The predicted octanol–water partition coefficient (Wildman–Crippen LogP) is 2.93. The number of fused-ring (bicyclic) bond motifs is 1. The molecule has 0 saturated carbocycles. The Morgan fingerprint density at radius 1 is 1.09 bits per heavy atom. The molecule has 0 saturated heterocycles. The van der Waals surface area contributed by atoms with Crippen molar-refractivity contribution in [3.8, 4) is 17.4 Å². The largest absolute Gasteiger partial charge is 0.504 e. The molecule has 0 aliphatic heterocycles. The Morgan fingerprint density at radius 2 is 1.91 bits per heavy atom. The zero-order chi connectivity index (χ0) is 16.4. The van der Waals surface area contributed by atoms with Gasteiger partial charge in [-0.1, -0.05) is 12.1 Å². The highest BCUT2D eigenvalue weighted by molar-refractivity contribution is 5.85. The van der Waals surface area contributed by atoms with Gasteiger partial charge in [-0.3, -0.25) is 0 Å². The molecule has 0 aliphatic carbocycles. The number of hydrogen-bond donors (Lipinski definition) is 2. The normalized spacial score (nSPS) is 10.9. The topological polar surface area (TPSA) is 53.6 Å². The van der Waals surface area contributed by atoms with Gasteiger partial charge in [0.2, 0.25) is 0 Å². The van der Waals surface area contributed by atoms with Gasteiger partial charge in [-0.15, -0.1) is 0 Å². The number of aromatic nitrogens is 1. The number of phenolic OH excluding ortho intramolecular Hbond substituents is 1. The number of nitrogens with zero attached hydrogens (tertiary/aromatic N) is 1. The van der Waals surface area contributed by atoms with Crippen LogP contribution in [-0.4, -0.2) is 17.3 Å². The zero-order valence-corrected chi connectivity index (χ0v) is 12.7. The molecule has 0 atom stereocenters. The summed E-state index contributed by atoms with van der Waals surface area (Å²) < 4.78 is 20.0. The molecule has 0 bridgehead atoms. The molecule has 1 aromatic heterocycles. The van der Waals surface area contributed by atoms with Gasteiger partial charge in [0.25, 0.3) is 0 Å². The minimum atomic E-state index is -0.268. The first-order chi connectivity index (χ1) is 11.1. The van der Waals surface area contributed by atoms with Crippen molar-refractivity contribution in [2.45, 2.75) is 13.0 Å². The predicted molar refractivity (Wildman–Crippen MR) is 84.1 cm³/mol. The van der Waals surface area contributed by atoms with Crippen LogP contribution in [0.5, 0.6) is 17.4 Å². The van der Waals surface area contributed by atoms with E-state index >= 15 is 0 Å². The Labute approximate surface area is 133 Å². The van der Waals surface area contributed by atoms with Gasteiger partial charge in [0, 0.05) is 17.2 Å². The molecule has 0 aliphatic rings. The van der Waals surface area contributed by atoms with E-state index in [1.165, 1.54) is 19.2 Å². The molecule has 5 heteroatoms. The lowest BCUT2D eigenvalue weighted by Gasteiger charge is -2.06. The van der Waals surface area contributed by atoms with Gasteiger partial charge in [-0.05, 0) is 29.8 Å². The second kappa shape index (κ2) is 6.12. The molecular weight excluding hydrogens is 297 g/mol. The zero-order valence-electron chi connectivity index (χ0n) is 12.7. The average Bonchev–Trinajstić information content (AvgIpc) is 2.52. The maximum Gasteiger partial charge on any atom is 0.365 e. The Bertz CT molecular complexity index is 864. The van der Waals surface area contributed by atoms with Crippen LogP contribution in [0.25, 0.3) is 10.8 Å². The van der Waals surface area contributed by atoms with Crippen LogP contribution in [0.2, 0.25) is 0 Å². The van der Waals surface area contributed by atoms with Crippen LogP contribution in [0.4, 0.5) is 4.39 Å². The number of pyridine rings is 1. The summed E-state index contributed by atoms with van der Waals surface area (Å²) in [7, 11) is 1.49. The van der Waals surface area contributed by atoms with Gasteiger partial charge in [-0.2, -0.15) is 4.57 Å². The summed E-state index contributed by atoms with van der Waals surface area (Å²) >= 11 is 0. The second-order valence-corrected chi connectivity index (χ2v) is 5.36. The van der Waals surface area contributed by atoms with Crippen molar-refractivity contribution in [2.24, 2.45) is 0 Å². The summed E-state index contributed by atoms with van der Waals surface area (Å²) in [6, 6.07) is 11.3. The van der Waals surface area contributed by atoms with E-state index in [0.717, 1.165) is 10.9 Å². The third-order valence-corrected chi connectivity index (χ3v) is 3.79. The molecule has 0 unspecified atom stereocenters. The van der Waals surface area contributed by atoms with Crippen molar-refractivity contribution < 1.29 is 23.9 Å². The summed E-state index contributed by atoms with van der Waals surface area (Å²) in [5.74, 6) is 0.214. The third-order valence-electron chi connectivity index (χ3n) is 3.79. The van der Waals surface area contributed by atoms with Gasteiger partial charge in [0.15, 0.2) is 24.2 Å². The van der Waals surface area contributed by atoms with Crippen LogP contribution in [-0.2, 0) is 13.0 Å². The van der Waals surface area contributed by atoms with E-state index in [1.54, 1.807) is 35.0 Å². The standard InChI is InChI=1S/C18H16FNO3/c1-23-17-9-14-11-20(18(22)10-13(14)8-16(17)21)6-5-12-3-2-4-15(19)7-12/h2-4,7-11H,5-6H2,1H3,(H,21,22)/p+1. The van der Waals surface area contributed by atoms with E-state index in [-0.39, 0.29) is 17.4 Å². The first-order valence-electron chi connectivity index (χ1n) is 7.24. The highest BCUT2D eigenvalue weighted by Crippen LogP contribution is 2.31. The highest BCUT2D eigenvalue weighted by atomic mass is 19.1. The maximum atomic E-state index is 13.2. The fourth-order valence-electron chi connectivity index (χ4n) is 2.58. The number of benzene rings is 2. The van der Waals surface area contributed by atoms with E-state index in [1.807, 2.05) is 6.07 Å². The Morgan fingerprint density at radius 3 is 2.65 bits per heavy atom. The number of rotatable bonds is 4. The Hall–Kier alpha value is -2.82. The summed E-state index contributed by atoms with van der Waals surface area (Å²) in [5.41, 5.74) is 0.861. The number of aromatic hydroxyl groups is 2. The van der Waals surface area contributed by atoms with Crippen molar-refractivity contribution in [3.05, 3.63) is 60.0 Å². The van der Waals surface area contributed by atoms with Gasteiger partial charge < -0.3 is 14.9 Å². The molecule has 3 aromatic rings. The fraction of sp³-hybridized carbons (Fsp3) is 0.167. The van der Waals surface area contributed by atoms with E-state index < -0.39 is 0 Å². The molecule has 4 nitrogen and oxygen atoms in total. The lowest BCUT2D eigenvalue weighted by Crippen LogP contribution is -2.34. The monoisotopic (exact) mass is 314 g/mol. The lowest BCUT2D eigenvalue weighted by molar-refractivity contribution is -0.700. The molecular formula is C18H17FNO3+. The van der Waals surface area contributed by atoms with Gasteiger partial charge >= 0.3 is 5.88 Å². The number of methoxy groups -OCH3 is 1. The minimum absolute atomic E-state index is 0.0249. The summed E-state index contributed by atoms with van der Waals surface area (Å²) in [6.07, 6.45) is 2.38. The summed E-state index contributed by atoms with van der Waals surface area (Å²) in [4.78, 5) is 0. The van der Waals surface area contributed by atoms with Crippen molar-refractivity contribution in [2.75, 3.05) is 7.11 Å². The Balaban J connectivity index is 1.91. The number of hydrogen-bond acceptors (Lipinski definition) is 3. The van der Waals surface area contributed by atoms with Crippen molar-refractivity contribution in [1.82, 2.24) is 0 Å². The molecule has 23 heavy (non-hydrogen) atoms. The summed E-state index contributed by atoms with van der Waals surface area (Å²) in [6.45, 7) is 0.508. The molecule has 2 aromatic carbocycles. The molecule has 0 spiro atoms. The smallest absolute Gasteiger partial charge is 0.365 e.